The van der Waals surface area contributed by atoms with Gasteiger partial charge in [-0.2, -0.15) is 26.3 Å². The fourth-order valence-electron chi connectivity index (χ4n) is 3.20. The minimum atomic E-state index is -4.91. The maximum absolute atomic E-state index is 12.7. The second kappa shape index (κ2) is 18.3. The molecule has 0 fully saturated rings. The molecular formula is C26H37F6IrNP-. The number of aromatic nitrogens is 1. The molecule has 1 nitrogen and oxygen atoms in total. The molecule has 1 aromatic carbocycles. The van der Waals surface area contributed by atoms with Crippen LogP contribution in [0.25, 0.3) is 11.3 Å². The standard InChI is InChI=1S/C13H6F6N.C12H27P.CH3.Ir/c14-12(15,16)9-5-8(11-3-1-2-4-20-11)6-10(7-9)13(17,18)19;1-4-7-10-13(11-8-5-2)12-9-6-3;;/h1-5,7H;4-12H2,1-3H3;1H3;/q-1;;-1;/p+1. The van der Waals surface area contributed by atoms with Crippen LogP contribution in [-0.4, -0.2) is 23.5 Å². The third kappa shape index (κ3) is 14.4. The molecule has 35 heavy (non-hydrogen) atoms. The monoisotopic (exact) mass is 701 g/mol. The molecule has 0 spiro atoms. The number of halogens is 6. The van der Waals surface area contributed by atoms with Crippen molar-refractivity contribution in [1.82, 2.24) is 4.98 Å². The van der Waals surface area contributed by atoms with Crippen molar-refractivity contribution in [3.63, 3.8) is 0 Å². The average molecular weight is 701 g/mol. The van der Waals surface area contributed by atoms with Crippen molar-refractivity contribution in [1.29, 1.82) is 0 Å². The van der Waals surface area contributed by atoms with Crippen LogP contribution in [0.3, 0.4) is 0 Å². The van der Waals surface area contributed by atoms with Gasteiger partial charge in [0.05, 0.1) is 18.5 Å². The van der Waals surface area contributed by atoms with E-state index in [2.05, 4.69) is 25.8 Å². The van der Waals surface area contributed by atoms with Crippen LogP contribution in [-0.2, 0) is 32.5 Å². The molecule has 1 radical (unpaired) electrons. The van der Waals surface area contributed by atoms with Gasteiger partial charge in [-0.15, -0.1) is 23.8 Å². The van der Waals surface area contributed by atoms with Gasteiger partial charge < -0.3 is 12.4 Å². The maximum Gasteiger partial charge on any atom is 0.399 e. The predicted molar refractivity (Wildman–Crippen MR) is 133 cm³/mol. The Morgan fingerprint density at radius 1 is 0.800 bits per heavy atom. The third-order valence-corrected chi connectivity index (χ3v) is 8.28. The number of hydrogen-bond acceptors (Lipinski definition) is 1. The molecule has 0 saturated heterocycles. The van der Waals surface area contributed by atoms with Crippen LogP contribution >= 0.6 is 7.92 Å². The van der Waals surface area contributed by atoms with E-state index in [1.807, 2.05) is 6.07 Å². The number of nitrogens with zero attached hydrogens (tertiary/aromatic N) is 1. The van der Waals surface area contributed by atoms with Gasteiger partial charge in [-0.05, 0) is 42.1 Å². The molecule has 1 heterocycles. The van der Waals surface area contributed by atoms with E-state index in [-0.39, 0.29) is 52.8 Å². The molecule has 0 aliphatic rings. The van der Waals surface area contributed by atoms with E-state index in [9.17, 15) is 26.3 Å². The van der Waals surface area contributed by atoms with E-state index in [1.54, 1.807) is 18.5 Å². The van der Waals surface area contributed by atoms with E-state index in [0.29, 0.717) is 6.07 Å². The molecule has 0 saturated carbocycles. The summed E-state index contributed by atoms with van der Waals surface area (Å²) in [5.74, 6) is 0. The molecular weight excluding hydrogens is 663 g/mol. The largest absolute Gasteiger partial charge is 0.399 e. The van der Waals surface area contributed by atoms with Gasteiger partial charge in [0.2, 0.25) is 0 Å². The molecule has 2 aromatic rings. The van der Waals surface area contributed by atoms with Gasteiger partial charge >= 0.3 is 12.4 Å². The first kappa shape index (κ1) is 36.2. The van der Waals surface area contributed by atoms with Gasteiger partial charge in [0.25, 0.3) is 0 Å². The second-order valence-corrected chi connectivity index (χ2v) is 11.0. The SMILES string of the molecule is CCCC[PH+](CCCC)CCCC.FC(F)(F)c1[c-]c(-c2ccccn2)cc(C(F)(F)F)c1.[CH3-].[Ir]. The Hall–Kier alpha value is -0.971. The summed E-state index contributed by atoms with van der Waals surface area (Å²) in [5, 5.41) is 0. The molecule has 0 bridgehead atoms. The quantitative estimate of drug-likeness (QED) is 0.137. The number of rotatable bonds is 10. The van der Waals surface area contributed by atoms with Gasteiger partial charge in [0.1, 0.15) is 0 Å². The smallest absolute Gasteiger partial charge is 0.358 e. The van der Waals surface area contributed by atoms with Gasteiger partial charge in [-0.3, -0.25) is 0 Å². The van der Waals surface area contributed by atoms with Crippen LogP contribution in [0.5, 0.6) is 0 Å². The summed E-state index contributed by atoms with van der Waals surface area (Å²) >= 11 is 0. The molecule has 0 atom stereocenters. The maximum atomic E-state index is 12.7. The van der Waals surface area contributed by atoms with Gasteiger partial charge in [0.15, 0.2) is 0 Å². The van der Waals surface area contributed by atoms with E-state index in [0.717, 1.165) is 0 Å². The molecule has 203 valence electrons. The van der Waals surface area contributed by atoms with Crippen LogP contribution in [0, 0.1) is 13.5 Å². The van der Waals surface area contributed by atoms with Crippen LogP contribution in [0.1, 0.15) is 70.4 Å². The Balaban J connectivity index is 0. The van der Waals surface area contributed by atoms with Crippen molar-refractivity contribution in [2.24, 2.45) is 0 Å². The van der Waals surface area contributed by atoms with Crippen molar-refractivity contribution in [3.05, 3.63) is 61.1 Å². The first-order valence-electron chi connectivity index (χ1n) is 11.5. The summed E-state index contributed by atoms with van der Waals surface area (Å²) in [6.45, 7) is 6.96. The van der Waals surface area contributed by atoms with Crippen molar-refractivity contribution in [2.75, 3.05) is 18.5 Å². The predicted octanol–water partition coefficient (Wildman–Crippen LogP) is 9.64. The molecule has 0 N–H and O–H groups in total. The summed E-state index contributed by atoms with van der Waals surface area (Å²) in [6, 6.07) is 6.83. The first-order chi connectivity index (χ1) is 15.5. The Bertz CT molecular complexity index is 745. The van der Waals surface area contributed by atoms with Gasteiger partial charge in [0, 0.05) is 34.2 Å². The van der Waals surface area contributed by atoms with E-state index < -0.39 is 23.5 Å². The number of benzene rings is 1. The average Bonchev–Trinajstić information content (AvgIpc) is 2.78. The Morgan fingerprint density at radius 2 is 1.31 bits per heavy atom. The van der Waals surface area contributed by atoms with Crippen molar-refractivity contribution in [2.45, 2.75) is 71.6 Å². The van der Waals surface area contributed by atoms with Gasteiger partial charge in [-0.25, -0.2) is 0 Å². The van der Waals surface area contributed by atoms with E-state index in [4.69, 9.17) is 0 Å². The molecule has 1 aromatic heterocycles. The summed E-state index contributed by atoms with van der Waals surface area (Å²) in [6.07, 6.45) is 4.89. The number of hydrogen-bond donors (Lipinski definition) is 0. The molecule has 0 unspecified atom stereocenters. The fraction of sp³-hybridized carbons (Fsp3) is 0.538. The third-order valence-electron chi connectivity index (χ3n) is 5.09. The zero-order valence-corrected chi connectivity index (χ0v) is 24.3. The minimum Gasteiger partial charge on any atom is -0.358 e. The topological polar surface area (TPSA) is 12.9 Å². The Labute approximate surface area is 221 Å². The summed E-state index contributed by atoms with van der Waals surface area (Å²) in [5.41, 5.74) is -3.23. The van der Waals surface area contributed by atoms with E-state index >= 15 is 0 Å². The van der Waals surface area contributed by atoms with Crippen molar-refractivity contribution < 1.29 is 46.4 Å². The van der Waals surface area contributed by atoms with Crippen LogP contribution in [0.2, 0.25) is 0 Å². The number of alkyl halides is 6. The number of pyridine rings is 1. The zero-order valence-electron chi connectivity index (χ0n) is 20.9. The van der Waals surface area contributed by atoms with Crippen molar-refractivity contribution in [3.8, 4) is 11.3 Å². The van der Waals surface area contributed by atoms with Crippen LogP contribution in [0.15, 0.2) is 36.5 Å². The first-order valence-corrected chi connectivity index (χ1v) is 13.6. The second-order valence-electron chi connectivity index (χ2n) is 7.97. The van der Waals surface area contributed by atoms with Gasteiger partial charge in [-0.1, -0.05) is 52.2 Å². The Kier molecular flexibility index (Phi) is 18.9. The molecule has 9 heteroatoms. The number of unbranched alkanes of at least 4 members (excludes halogenated alkanes) is 3. The minimum absolute atomic E-state index is 0. The molecule has 0 aliphatic carbocycles. The summed E-state index contributed by atoms with van der Waals surface area (Å²) < 4.78 is 75.8. The van der Waals surface area contributed by atoms with Crippen LogP contribution < -0.4 is 0 Å². The van der Waals surface area contributed by atoms with Crippen molar-refractivity contribution >= 4 is 7.92 Å². The summed E-state index contributed by atoms with van der Waals surface area (Å²) in [4.78, 5) is 3.73. The molecule has 0 amide bonds. The molecule has 0 aliphatic heterocycles. The van der Waals surface area contributed by atoms with E-state index in [1.165, 1.54) is 62.9 Å². The molecule has 2 rings (SSSR count). The Morgan fingerprint density at radius 3 is 1.69 bits per heavy atom. The fourth-order valence-corrected chi connectivity index (χ4v) is 6.51. The summed E-state index contributed by atoms with van der Waals surface area (Å²) in [7, 11) is 0.0675. The normalized spacial score (nSPS) is 11.3. The zero-order chi connectivity index (χ0) is 24.9. The van der Waals surface area contributed by atoms with Crippen LogP contribution in [0.4, 0.5) is 26.3 Å².